The lowest BCUT2D eigenvalue weighted by atomic mass is 10.2. The maximum Gasteiger partial charge on any atom is 0.139 e. The fraction of sp³-hybridized carbons (Fsp3) is 0.250. The Morgan fingerprint density at radius 1 is 1.31 bits per heavy atom. The number of imidazole rings is 1. The summed E-state index contributed by atoms with van der Waals surface area (Å²) in [7, 11) is 1.99. The van der Waals surface area contributed by atoms with Crippen LogP contribution in [0.4, 0.5) is 0 Å². The Morgan fingerprint density at radius 3 is 2.44 bits per heavy atom. The molecule has 0 aliphatic heterocycles. The molecule has 3 nitrogen and oxygen atoms in total. The zero-order chi connectivity index (χ0) is 11.7. The molecule has 0 bridgehead atoms. The van der Waals surface area contributed by atoms with E-state index in [1.807, 2.05) is 49.0 Å². The minimum Gasteiger partial charge on any atom is -0.330 e. The molecule has 0 fully saturated rings. The second-order valence-corrected chi connectivity index (χ2v) is 4.78. The van der Waals surface area contributed by atoms with Gasteiger partial charge in [0.25, 0.3) is 0 Å². The molecule has 0 spiro atoms. The monoisotopic (exact) mass is 279 g/mol. The number of hydrogen-bond acceptors (Lipinski definition) is 2. The molecule has 1 aromatic heterocycles. The van der Waals surface area contributed by atoms with Crippen LogP contribution in [0.1, 0.15) is 18.7 Å². The van der Waals surface area contributed by atoms with Gasteiger partial charge in [-0.25, -0.2) is 4.98 Å². The molecule has 0 saturated carbocycles. The number of halogens is 1. The summed E-state index contributed by atoms with van der Waals surface area (Å²) < 4.78 is 3.10. The van der Waals surface area contributed by atoms with E-state index in [1.165, 1.54) is 0 Å². The zero-order valence-electron chi connectivity index (χ0n) is 9.31. The van der Waals surface area contributed by atoms with Gasteiger partial charge in [0.15, 0.2) is 0 Å². The minimum atomic E-state index is 0.00157. The SMILES string of the molecule is CC(N)c1cnc(-c2ccc(Br)cc2)n1C. The van der Waals surface area contributed by atoms with Crippen LogP contribution in [0.2, 0.25) is 0 Å². The van der Waals surface area contributed by atoms with E-state index in [9.17, 15) is 0 Å². The number of nitrogens with zero attached hydrogens (tertiary/aromatic N) is 2. The van der Waals surface area contributed by atoms with Crippen LogP contribution in [0.5, 0.6) is 0 Å². The van der Waals surface area contributed by atoms with Crippen molar-refractivity contribution in [2.45, 2.75) is 13.0 Å². The van der Waals surface area contributed by atoms with Crippen LogP contribution in [0.25, 0.3) is 11.4 Å². The average Bonchev–Trinajstić information content (AvgIpc) is 2.61. The van der Waals surface area contributed by atoms with Crippen LogP contribution in [0.3, 0.4) is 0 Å². The summed E-state index contributed by atoms with van der Waals surface area (Å²) in [6, 6.07) is 8.10. The highest BCUT2D eigenvalue weighted by Gasteiger charge is 2.10. The van der Waals surface area contributed by atoms with Crippen LogP contribution in [-0.2, 0) is 7.05 Å². The molecule has 16 heavy (non-hydrogen) atoms. The van der Waals surface area contributed by atoms with Crippen molar-refractivity contribution < 1.29 is 0 Å². The van der Waals surface area contributed by atoms with Gasteiger partial charge >= 0.3 is 0 Å². The molecule has 1 atom stereocenters. The van der Waals surface area contributed by atoms with Crippen molar-refractivity contribution >= 4 is 15.9 Å². The molecule has 0 radical (unpaired) electrons. The summed E-state index contributed by atoms with van der Waals surface area (Å²) in [6.07, 6.45) is 1.84. The third-order valence-electron chi connectivity index (χ3n) is 2.59. The van der Waals surface area contributed by atoms with E-state index in [4.69, 9.17) is 5.73 Å². The first-order chi connectivity index (χ1) is 7.59. The van der Waals surface area contributed by atoms with Crippen molar-refractivity contribution in [3.05, 3.63) is 40.6 Å². The van der Waals surface area contributed by atoms with Gasteiger partial charge in [-0.1, -0.05) is 28.1 Å². The maximum absolute atomic E-state index is 5.86. The molecule has 4 heteroatoms. The molecule has 1 heterocycles. The molecule has 0 amide bonds. The lowest BCUT2D eigenvalue weighted by Crippen LogP contribution is -2.10. The molecule has 0 aliphatic rings. The van der Waals surface area contributed by atoms with Crippen LogP contribution in [0, 0.1) is 0 Å². The minimum absolute atomic E-state index is 0.00157. The zero-order valence-corrected chi connectivity index (χ0v) is 10.9. The molecule has 0 saturated heterocycles. The number of aromatic nitrogens is 2. The Bertz CT molecular complexity index is 485. The van der Waals surface area contributed by atoms with Crippen LogP contribution >= 0.6 is 15.9 Å². The average molecular weight is 280 g/mol. The Kier molecular flexibility index (Phi) is 3.12. The van der Waals surface area contributed by atoms with Crippen molar-refractivity contribution in [2.24, 2.45) is 12.8 Å². The fourth-order valence-corrected chi connectivity index (χ4v) is 1.98. The topological polar surface area (TPSA) is 43.8 Å². The van der Waals surface area contributed by atoms with Gasteiger partial charge in [-0.3, -0.25) is 0 Å². The van der Waals surface area contributed by atoms with Crippen LogP contribution < -0.4 is 5.73 Å². The van der Waals surface area contributed by atoms with E-state index >= 15 is 0 Å². The number of rotatable bonds is 2. The molecular formula is C12H14BrN3. The van der Waals surface area contributed by atoms with Crippen LogP contribution in [0.15, 0.2) is 34.9 Å². The second kappa shape index (κ2) is 4.39. The second-order valence-electron chi connectivity index (χ2n) is 3.86. The van der Waals surface area contributed by atoms with Crippen LogP contribution in [-0.4, -0.2) is 9.55 Å². The number of hydrogen-bond donors (Lipinski definition) is 1. The van der Waals surface area contributed by atoms with Crippen molar-refractivity contribution in [1.29, 1.82) is 0 Å². The van der Waals surface area contributed by atoms with Crippen molar-refractivity contribution in [1.82, 2.24) is 9.55 Å². The van der Waals surface area contributed by atoms with Gasteiger partial charge in [-0.05, 0) is 19.1 Å². The summed E-state index contributed by atoms with van der Waals surface area (Å²) >= 11 is 3.42. The third-order valence-corrected chi connectivity index (χ3v) is 3.12. The first-order valence-electron chi connectivity index (χ1n) is 5.12. The van der Waals surface area contributed by atoms with Crippen molar-refractivity contribution in [2.75, 3.05) is 0 Å². The summed E-state index contributed by atoms with van der Waals surface area (Å²) in [5.41, 5.74) is 8.00. The van der Waals surface area contributed by atoms with Gasteiger partial charge in [0, 0.05) is 23.1 Å². The van der Waals surface area contributed by atoms with E-state index in [0.717, 1.165) is 21.6 Å². The smallest absolute Gasteiger partial charge is 0.139 e. The largest absolute Gasteiger partial charge is 0.330 e. The van der Waals surface area contributed by atoms with E-state index in [-0.39, 0.29) is 6.04 Å². The highest BCUT2D eigenvalue weighted by Crippen LogP contribution is 2.22. The van der Waals surface area contributed by atoms with Gasteiger partial charge in [0.2, 0.25) is 0 Å². The Morgan fingerprint density at radius 2 is 1.94 bits per heavy atom. The summed E-state index contributed by atoms with van der Waals surface area (Å²) in [6.45, 7) is 1.96. The first-order valence-corrected chi connectivity index (χ1v) is 5.92. The molecule has 1 aromatic carbocycles. The molecular weight excluding hydrogens is 266 g/mol. The standard InChI is InChI=1S/C12H14BrN3/c1-8(14)11-7-15-12(16(11)2)9-3-5-10(13)6-4-9/h3-8H,14H2,1-2H3. The maximum atomic E-state index is 5.86. The Hall–Kier alpha value is -1.13. The quantitative estimate of drug-likeness (QED) is 0.919. The van der Waals surface area contributed by atoms with Gasteiger partial charge < -0.3 is 10.3 Å². The van der Waals surface area contributed by atoms with Gasteiger partial charge in [-0.15, -0.1) is 0 Å². The summed E-state index contributed by atoms with van der Waals surface area (Å²) in [5.74, 6) is 0.944. The van der Waals surface area contributed by atoms with Gasteiger partial charge in [0.1, 0.15) is 5.82 Å². The molecule has 2 N–H and O–H groups in total. The van der Waals surface area contributed by atoms with Gasteiger partial charge in [-0.2, -0.15) is 0 Å². The molecule has 2 rings (SSSR count). The lowest BCUT2D eigenvalue weighted by molar-refractivity contribution is 0.718. The van der Waals surface area contributed by atoms with E-state index in [1.54, 1.807) is 0 Å². The molecule has 2 aromatic rings. The number of benzene rings is 1. The highest BCUT2D eigenvalue weighted by atomic mass is 79.9. The van der Waals surface area contributed by atoms with Gasteiger partial charge in [0.05, 0.1) is 11.9 Å². The predicted octanol–water partition coefficient (Wildman–Crippen LogP) is 2.87. The summed E-state index contributed by atoms with van der Waals surface area (Å²) in [4.78, 5) is 4.40. The highest BCUT2D eigenvalue weighted by molar-refractivity contribution is 9.10. The predicted molar refractivity (Wildman–Crippen MR) is 68.9 cm³/mol. The summed E-state index contributed by atoms with van der Waals surface area (Å²) in [5, 5.41) is 0. The molecule has 84 valence electrons. The van der Waals surface area contributed by atoms with Crippen molar-refractivity contribution in [3.63, 3.8) is 0 Å². The third kappa shape index (κ3) is 2.03. The van der Waals surface area contributed by atoms with E-state index in [0.29, 0.717) is 0 Å². The Labute approximate surface area is 103 Å². The lowest BCUT2D eigenvalue weighted by Gasteiger charge is -2.08. The van der Waals surface area contributed by atoms with E-state index < -0.39 is 0 Å². The van der Waals surface area contributed by atoms with Crippen molar-refractivity contribution in [3.8, 4) is 11.4 Å². The first kappa shape index (κ1) is 11.4. The Balaban J connectivity index is 2.45. The molecule has 0 aliphatic carbocycles. The fourth-order valence-electron chi connectivity index (χ4n) is 1.71. The normalized spacial score (nSPS) is 12.8. The molecule has 1 unspecified atom stereocenters. The van der Waals surface area contributed by atoms with E-state index in [2.05, 4.69) is 20.9 Å². The number of nitrogens with two attached hydrogens (primary N) is 1.